The fourth-order valence-electron chi connectivity index (χ4n) is 3.71. The molecule has 0 saturated carbocycles. The van der Waals surface area contributed by atoms with Crippen LogP contribution in [0.15, 0.2) is 6.07 Å². The summed E-state index contributed by atoms with van der Waals surface area (Å²) in [6.45, 7) is 6.16. The third-order valence-corrected chi connectivity index (χ3v) is 5.08. The van der Waals surface area contributed by atoms with Gasteiger partial charge >= 0.3 is 0 Å². The number of nitrogens with one attached hydrogen (secondary N) is 1. The zero-order valence-electron chi connectivity index (χ0n) is 15.0. The molecular weight excluding hydrogens is 304 g/mol. The Hall–Kier alpha value is -1.40. The predicted octanol–water partition coefficient (Wildman–Crippen LogP) is 1.75. The Labute approximate surface area is 144 Å². The average molecular weight is 334 g/mol. The minimum atomic E-state index is 0.00456. The number of hydrogen-bond acceptors (Lipinski definition) is 4. The Morgan fingerprint density at radius 3 is 2.83 bits per heavy atom. The van der Waals surface area contributed by atoms with E-state index in [0.29, 0.717) is 11.8 Å². The number of nitrogens with zero attached hydrogens (tertiary/aromatic N) is 3. The van der Waals surface area contributed by atoms with Crippen LogP contribution in [0.2, 0.25) is 0 Å². The summed E-state index contributed by atoms with van der Waals surface area (Å²) in [6.07, 6.45) is 6.79. The van der Waals surface area contributed by atoms with E-state index in [-0.39, 0.29) is 11.9 Å². The topological polar surface area (TPSA) is 59.4 Å². The molecule has 2 aliphatic rings. The number of aryl methyl sites for hydroxylation is 2. The molecule has 0 aromatic carbocycles. The molecule has 0 bridgehead atoms. The van der Waals surface area contributed by atoms with Crippen LogP contribution in [-0.2, 0) is 18.2 Å². The summed E-state index contributed by atoms with van der Waals surface area (Å²) in [6, 6.07) is 2.19. The molecule has 2 saturated heterocycles. The molecule has 1 N–H and O–H groups in total. The van der Waals surface area contributed by atoms with Crippen molar-refractivity contribution in [2.75, 3.05) is 26.2 Å². The highest BCUT2D eigenvalue weighted by atomic mass is 16.5. The van der Waals surface area contributed by atoms with Crippen molar-refractivity contribution in [3.8, 4) is 0 Å². The second kappa shape index (κ2) is 8.12. The van der Waals surface area contributed by atoms with Crippen molar-refractivity contribution >= 4 is 5.91 Å². The van der Waals surface area contributed by atoms with E-state index < -0.39 is 0 Å². The lowest BCUT2D eigenvalue weighted by atomic mass is 10.0. The zero-order chi connectivity index (χ0) is 16.9. The lowest BCUT2D eigenvalue weighted by Crippen LogP contribution is -2.46. The lowest BCUT2D eigenvalue weighted by molar-refractivity contribution is 0.0612. The third kappa shape index (κ3) is 4.36. The number of amides is 1. The van der Waals surface area contributed by atoms with Gasteiger partial charge in [0.15, 0.2) is 0 Å². The number of piperidine rings is 1. The van der Waals surface area contributed by atoms with Crippen molar-refractivity contribution < 1.29 is 9.53 Å². The summed E-state index contributed by atoms with van der Waals surface area (Å²) in [7, 11) is 1.85. The Kier molecular flexibility index (Phi) is 5.89. The summed E-state index contributed by atoms with van der Waals surface area (Å²) < 4.78 is 7.42. The highest BCUT2D eigenvalue weighted by Gasteiger charge is 2.25. The van der Waals surface area contributed by atoms with Gasteiger partial charge in [-0.05, 0) is 38.2 Å². The number of carbonyl (C=O) groups excluding carboxylic acids is 1. The standard InChI is InChI=1S/C18H30N4O2/c1-3-5-15-12-17(21(2)20-15)18(23)19-14-7-9-22(10-8-14)13-16-6-4-11-24-16/h12,14,16H,3-11,13H2,1-2H3,(H,19,23)/t16-/m0/s1. The first-order chi connectivity index (χ1) is 11.7. The molecule has 0 radical (unpaired) electrons. The molecular formula is C18H30N4O2. The van der Waals surface area contributed by atoms with E-state index in [0.717, 1.165) is 57.6 Å². The smallest absolute Gasteiger partial charge is 0.269 e. The quantitative estimate of drug-likeness (QED) is 0.861. The van der Waals surface area contributed by atoms with Gasteiger partial charge in [0, 0.05) is 39.3 Å². The van der Waals surface area contributed by atoms with Gasteiger partial charge in [-0.15, -0.1) is 0 Å². The first-order valence-corrected chi connectivity index (χ1v) is 9.33. The molecule has 6 heteroatoms. The maximum atomic E-state index is 12.5. The molecule has 1 amide bonds. The number of aromatic nitrogens is 2. The minimum absolute atomic E-state index is 0.00456. The van der Waals surface area contributed by atoms with Crippen molar-refractivity contribution in [1.82, 2.24) is 20.0 Å². The number of hydrogen-bond donors (Lipinski definition) is 1. The first kappa shape index (κ1) is 17.4. The van der Waals surface area contributed by atoms with Crippen LogP contribution in [0.4, 0.5) is 0 Å². The van der Waals surface area contributed by atoms with E-state index in [1.54, 1.807) is 4.68 Å². The highest BCUT2D eigenvalue weighted by molar-refractivity contribution is 5.92. The molecule has 0 aliphatic carbocycles. The lowest BCUT2D eigenvalue weighted by Gasteiger charge is -2.33. The van der Waals surface area contributed by atoms with E-state index in [9.17, 15) is 4.79 Å². The summed E-state index contributed by atoms with van der Waals surface area (Å²) in [5.74, 6) is 0.00456. The van der Waals surface area contributed by atoms with Gasteiger partial charge in [0.1, 0.15) is 5.69 Å². The van der Waals surface area contributed by atoms with Crippen LogP contribution in [0.25, 0.3) is 0 Å². The van der Waals surface area contributed by atoms with Gasteiger partial charge in [-0.2, -0.15) is 5.10 Å². The maximum Gasteiger partial charge on any atom is 0.269 e. The van der Waals surface area contributed by atoms with Crippen LogP contribution in [0.3, 0.4) is 0 Å². The molecule has 0 spiro atoms. The number of rotatable bonds is 6. The van der Waals surface area contributed by atoms with Crippen LogP contribution in [0.5, 0.6) is 0 Å². The SMILES string of the molecule is CCCc1cc(C(=O)NC2CCN(C[C@@H]3CCCO3)CC2)n(C)n1. The fourth-order valence-corrected chi connectivity index (χ4v) is 3.71. The van der Waals surface area contributed by atoms with E-state index in [4.69, 9.17) is 4.74 Å². The Balaban J connectivity index is 1.46. The summed E-state index contributed by atoms with van der Waals surface area (Å²) in [5, 5.41) is 7.61. The Morgan fingerprint density at radius 2 is 2.17 bits per heavy atom. The van der Waals surface area contributed by atoms with Gasteiger partial charge in [0.05, 0.1) is 11.8 Å². The van der Waals surface area contributed by atoms with Crippen molar-refractivity contribution in [2.24, 2.45) is 7.05 Å². The van der Waals surface area contributed by atoms with Gasteiger partial charge in [-0.3, -0.25) is 9.48 Å². The maximum absolute atomic E-state index is 12.5. The molecule has 1 aromatic rings. The van der Waals surface area contributed by atoms with Crippen molar-refractivity contribution in [3.63, 3.8) is 0 Å². The van der Waals surface area contributed by atoms with Crippen molar-refractivity contribution in [1.29, 1.82) is 0 Å². The number of likely N-dealkylation sites (tertiary alicyclic amines) is 1. The summed E-state index contributed by atoms with van der Waals surface area (Å²) in [5.41, 5.74) is 1.66. The van der Waals surface area contributed by atoms with E-state index in [1.165, 1.54) is 12.8 Å². The van der Waals surface area contributed by atoms with Gasteiger partial charge in [0.25, 0.3) is 5.91 Å². The second-order valence-corrected chi connectivity index (χ2v) is 7.08. The van der Waals surface area contributed by atoms with Crippen LogP contribution in [0.1, 0.15) is 55.2 Å². The molecule has 3 heterocycles. The van der Waals surface area contributed by atoms with Gasteiger partial charge in [0.2, 0.25) is 0 Å². The van der Waals surface area contributed by atoms with Crippen LogP contribution in [0, 0.1) is 0 Å². The van der Waals surface area contributed by atoms with Crippen molar-refractivity contribution in [3.05, 3.63) is 17.5 Å². The van der Waals surface area contributed by atoms with E-state index in [2.05, 4.69) is 22.2 Å². The number of carbonyl (C=O) groups is 1. The molecule has 0 unspecified atom stereocenters. The molecule has 3 rings (SSSR count). The predicted molar refractivity (Wildman–Crippen MR) is 93.1 cm³/mol. The monoisotopic (exact) mass is 334 g/mol. The van der Waals surface area contributed by atoms with Gasteiger partial charge in [-0.25, -0.2) is 0 Å². The summed E-state index contributed by atoms with van der Waals surface area (Å²) >= 11 is 0. The van der Waals surface area contributed by atoms with Gasteiger partial charge < -0.3 is 15.0 Å². The zero-order valence-corrected chi connectivity index (χ0v) is 15.0. The Morgan fingerprint density at radius 1 is 1.38 bits per heavy atom. The van der Waals surface area contributed by atoms with E-state index >= 15 is 0 Å². The second-order valence-electron chi connectivity index (χ2n) is 7.08. The highest BCUT2D eigenvalue weighted by Crippen LogP contribution is 2.17. The summed E-state index contributed by atoms with van der Waals surface area (Å²) in [4.78, 5) is 15.0. The molecule has 24 heavy (non-hydrogen) atoms. The largest absolute Gasteiger partial charge is 0.377 e. The molecule has 6 nitrogen and oxygen atoms in total. The average Bonchev–Trinajstić information content (AvgIpc) is 3.19. The number of ether oxygens (including phenoxy) is 1. The van der Waals surface area contributed by atoms with Crippen LogP contribution >= 0.6 is 0 Å². The fraction of sp³-hybridized carbons (Fsp3) is 0.778. The van der Waals surface area contributed by atoms with Crippen molar-refractivity contribution in [2.45, 2.75) is 57.6 Å². The molecule has 134 valence electrons. The van der Waals surface area contributed by atoms with E-state index in [1.807, 2.05) is 13.1 Å². The third-order valence-electron chi connectivity index (χ3n) is 5.08. The molecule has 2 aliphatic heterocycles. The molecule has 1 aromatic heterocycles. The minimum Gasteiger partial charge on any atom is -0.377 e. The first-order valence-electron chi connectivity index (χ1n) is 9.33. The Bertz CT molecular complexity index is 543. The van der Waals surface area contributed by atoms with Gasteiger partial charge in [-0.1, -0.05) is 13.3 Å². The normalized spacial score (nSPS) is 22.8. The van der Waals surface area contributed by atoms with Crippen LogP contribution in [-0.4, -0.2) is 59.0 Å². The molecule has 2 fully saturated rings. The molecule has 1 atom stereocenters. The van der Waals surface area contributed by atoms with Crippen LogP contribution < -0.4 is 5.32 Å².